The third-order valence-electron chi connectivity index (χ3n) is 6.73. The summed E-state index contributed by atoms with van der Waals surface area (Å²) in [6.07, 6.45) is -1.53. The van der Waals surface area contributed by atoms with E-state index >= 15 is 0 Å². The Hall–Kier alpha value is -2.44. The van der Waals surface area contributed by atoms with E-state index in [4.69, 9.17) is 9.47 Å². The van der Waals surface area contributed by atoms with Crippen LogP contribution >= 0.6 is 11.3 Å². The van der Waals surface area contributed by atoms with Crippen LogP contribution in [-0.4, -0.2) is 109 Å². The maximum absolute atomic E-state index is 13.7. The predicted octanol–water partition coefficient (Wildman–Crippen LogP) is 0.723. The molecule has 200 valence electrons. The van der Waals surface area contributed by atoms with Crippen molar-refractivity contribution in [2.24, 2.45) is 0 Å². The third-order valence-corrected chi connectivity index (χ3v) is 9.20. The quantitative estimate of drug-likeness (QED) is 0.442. The number of hydrogen-bond donors (Lipinski definition) is 1. The van der Waals surface area contributed by atoms with E-state index in [1.807, 2.05) is 4.90 Å². The number of piperazine rings is 1. The molecule has 3 fully saturated rings. The molecule has 12 nitrogen and oxygen atoms in total. The molecule has 0 unspecified atom stereocenters. The van der Waals surface area contributed by atoms with Crippen molar-refractivity contribution in [1.29, 1.82) is 0 Å². The van der Waals surface area contributed by atoms with Crippen molar-refractivity contribution < 1.29 is 31.1 Å². The molecule has 3 aromatic rings. The summed E-state index contributed by atoms with van der Waals surface area (Å²) < 4.78 is 81.3. The highest BCUT2D eigenvalue weighted by Crippen LogP contribution is 2.33. The van der Waals surface area contributed by atoms with E-state index in [9.17, 15) is 21.6 Å². The number of nitrogens with zero attached hydrogens (tertiary/aromatic N) is 7. The van der Waals surface area contributed by atoms with Gasteiger partial charge in [0.05, 0.1) is 38.2 Å². The summed E-state index contributed by atoms with van der Waals surface area (Å²) in [5, 5.41) is 15.3. The van der Waals surface area contributed by atoms with Crippen LogP contribution in [0.1, 0.15) is 11.4 Å². The third kappa shape index (κ3) is 4.46. The minimum absolute atomic E-state index is 0.0642. The lowest BCUT2D eigenvalue weighted by Gasteiger charge is -2.44. The molecule has 17 heteroatoms. The topological polar surface area (TPSA) is 127 Å². The van der Waals surface area contributed by atoms with Gasteiger partial charge in [0.2, 0.25) is 10.0 Å². The lowest BCUT2D eigenvalue weighted by Crippen LogP contribution is -2.63. The first-order valence-corrected chi connectivity index (χ1v) is 13.8. The first-order valence-electron chi connectivity index (χ1n) is 11.5. The number of fused-ring (bicyclic) bond motifs is 2. The normalized spacial score (nSPS) is 22.4. The van der Waals surface area contributed by atoms with Crippen LogP contribution in [0.4, 0.5) is 18.9 Å². The number of anilines is 1. The Bertz CT molecular complexity index is 1410. The van der Waals surface area contributed by atoms with Gasteiger partial charge in [0.15, 0.2) is 21.5 Å². The summed E-state index contributed by atoms with van der Waals surface area (Å²) in [7, 11) is -4.21. The highest BCUT2D eigenvalue weighted by atomic mass is 32.2. The van der Waals surface area contributed by atoms with Crippen molar-refractivity contribution in [2.45, 2.75) is 22.9 Å². The molecule has 1 N–H and O–H groups in total. The number of rotatable bonds is 7. The average Bonchev–Trinajstić information content (AvgIpc) is 3.53. The van der Waals surface area contributed by atoms with Crippen LogP contribution in [0.15, 0.2) is 17.2 Å². The summed E-state index contributed by atoms with van der Waals surface area (Å²) in [6, 6.07) is 1.59. The lowest BCUT2D eigenvalue weighted by molar-refractivity contribution is -0.0725. The first kappa shape index (κ1) is 24.9. The van der Waals surface area contributed by atoms with Crippen LogP contribution in [0, 0.1) is 0 Å². The monoisotopic (exact) mass is 560 g/mol. The predicted molar refractivity (Wildman–Crippen MR) is 125 cm³/mol. The molecule has 37 heavy (non-hydrogen) atoms. The Morgan fingerprint density at radius 3 is 2.70 bits per heavy atom. The molecular weight excluding hydrogens is 537 g/mol. The van der Waals surface area contributed by atoms with Gasteiger partial charge in [0.1, 0.15) is 17.1 Å². The maximum atomic E-state index is 13.7. The van der Waals surface area contributed by atoms with Crippen LogP contribution in [0.2, 0.25) is 0 Å². The molecule has 6 rings (SSSR count). The Morgan fingerprint density at radius 2 is 2.00 bits per heavy atom. The Kier molecular flexibility index (Phi) is 6.31. The molecule has 0 amide bonds. The summed E-state index contributed by atoms with van der Waals surface area (Å²) in [5.41, 5.74) is -0.509. The zero-order valence-electron chi connectivity index (χ0n) is 19.4. The Morgan fingerprint density at radius 1 is 1.16 bits per heavy atom. The largest absolute Gasteiger partial charge is 0.378 e. The van der Waals surface area contributed by atoms with E-state index in [2.05, 4.69) is 30.0 Å². The molecule has 3 saturated heterocycles. The molecule has 3 aliphatic rings. The highest BCUT2D eigenvalue weighted by molar-refractivity contribution is 7.89. The van der Waals surface area contributed by atoms with E-state index in [1.165, 1.54) is 16.7 Å². The van der Waals surface area contributed by atoms with Gasteiger partial charge in [-0.15, -0.1) is 20.4 Å². The molecule has 0 bridgehead atoms. The zero-order chi connectivity index (χ0) is 25.8. The number of sulfonamides is 1. The molecule has 0 saturated carbocycles. The number of alkyl halides is 3. The van der Waals surface area contributed by atoms with Crippen molar-refractivity contribution in [2.75, 3.05) is 64.2 Å². The van der Waals surface area contributed by atoms with E-state index < -0.39 is 33.7 Å². The van der Waals surface area contributed by atoms with Gasteiger partial charge in [-0.1, -0.05) is 11.3 Å². The molecule has 3 aromatic heterocycles. The number of halogens is 3. The standard InChI is InChI=1S/C20H23F3N8O4S2/c21-9-20(10-35-11-20)28-37(32,33)13-5-14(30-2-1-29-3-4-34-8-12(29)6-30)16-24-25-17(31(16)7-13)19-27-26-18(36-19)15(22)23/h5,7,12,15,28H,1-4,6,8-11H2/t12-/m1/s1. The zero-order valence-corrected chi connectivity index (χ0v) is 21.0. The van der Waals surface area contributed by atoms with Gasteiger partial charge >= 0.3 is 0 Å². The minimum atomic E-state index is -4.21. The molecule has 0 radical (unpaired) electrons. The van der Waals surface area contributed by atoms with Crippen LogP contribution < -0.4 is 9.62 Å². The van der Waals surface area contributed by atoms with E-state index in [-0.39, 0.29) is 35.0 Å². The van der Waals surface area contributed by atoms with Gasteiger partial charge in [0, 0.05) is 32.4 Å². The Balaban J connectivity index is 1.45. The summed E-state index contributed by atoms with van der Waals surface area (Å²) in [4.78, 5) is 4.17. The van der Waals surface area contributed by atoms with Crippen molar-refractivity contribution in [3.8, 4) is 10.8 Å². The molecular formula is C20H23F3N8O4S2. The van der Waals surface area contributed by atoms with Gasteiger partial charge < -0.3 is 14.4 Å². The summed E-state index contributed by atoms with van der Waals surface area (Å²) in [5.74, 6) is 0.0736. The number of ether oxygens (including phenoxy) is 2. The van der Waals surface area contributed by atoms with E-state index in [0.29, 0.717) is 49.0 Å². The van der Waals surface area contributed by atoms with Crippen molar-refractivity contribution in [1.82, 2.24) is 34.4 Å². The number of pyridine rings is 1. The molecule has 0 aromatic carbocycles. The van der Waals surface area contributed by atoms with Crippen molar-refractivity contribution in [3.05, 3.63) is 17.3 Å². The van der Waals surface area contributed by atoms with E-state index in [0.717, 1.165) is 13.1 Å². The maximum Gasteiger partial charge on any atom is 0.291 e. The molecule has 0 spiro atoms. The second-order valence-corrected chi connectivity index (χ2v) is 11.9. The fourth-order valence-corrected chi connectivity index (χ4v) is 6.76. The van der Waals surface area contributed by atoms with Crippen LogP contribution in [0.5, 0.6) is 0 Å². The Labute approximate surface area is 213 Å². The number of morpholine rings is 1. The number of hydrogen-bond acceptors (Lipinski definition) is 11. The first-order chi connectivity index (χ1) is 17.8. The minimum Gasteiger partial charge on any atom is -0.378 e. The van der Waals surface area contributed by atoms with Gasteiger partial charge in [-0.05, 0) is 6.07 Å². The fourth-order valence-electron chi connectivity index (χ4n) is 4.71. The molecule has 1 atom stereocenters. The summed E-state index contributed by atoms with van der Waals surface area (Å²) in [6.45, 7) is 2.84. The second-order valence-electron chi connectivity index (χ2n) is 9.25. The second kappa shape index (κ2) is 9.39. The fraction of sp³-hybridized carbons (Fsp3) is 0.600. The van der Waals surface area contributed by atoms with Crippen molar-refractivity contribution in [3.63, 3.8) is 0 Å². The SMILES string of the molecule is O=S(=O)(NC1(CF)COC1)c1cc(N2CCN3CCOC[C@H]3C2)c2nnc(-c3nnc(C(F)F)s3)n2c1. The molecule has 0 aliphatic carbocycles. The summed E-state index contributed by atoms with van der Waals surface area (Å²) >= 11 is 0.646. The van der Waals surface area contributed by atoms with Crippen LogP contribution in [0.3, 0.4) is 0 Å². The smallest absolute Gasteiger partial charge is 0.291 e. The van der Waals surface area contributed by atoms with E-state index in [1.54, 1.807) is 0 Å². The van der Waals surface area contributed by atoms with Gasteiger partial charge in [0.25, 0.3) is 6.43 Å². The van der Waals surface area contributed by atoms with Gasteiger partial charge in [-0.25, -0.2) is 21.6 Å². The lowest BCUT2D eigenvalue weighted by atomic mass is 10.0. The van der Waals surface area contributed by atoms with Gasteiger partial charge in [-0.3, -0.25) is 9.30 Å². The number of nitrogens with one attached hydrogen (secondary N) is 1. The van der Waals surface area contributed by atoms with Crippen LogP contribution in [0.25, 0.3) is 16.5 Å². The van der Waals surface area contributed by atoms with Gasteiger partial charge in [-0.2, -0.15) is 4.72 Å². The molecule has 6 heterocycles. The highest BCUT2D eigenvalue weighted by Gasteiger charge is 2.43. The number of aromatic nitrogens is 5. The average molecular weight is 561 g/mol. The molecule has 3 aliphatic heterocycles. The van der Waals surface area contributed by atoms with Crippen LogP contribution in [-0.2, 0) is 19.5 Å². The van der Waals surface area contributed by atoms with Crippen molar-refractivity contribution >= 4 is 32.7 Å².